The van der Waals surface area contributed by atoms with Crippen LogP contribution < -0.4 is 5.32 Å². The van der Waals surface area contributed by atoms with Crippen molar-refractivity contribution in [3.63, 3.8) is 0 Å². The molecule has 1 spiro atoms. The van der Waals surface area contributed by atoms with Crippen LogP contribution in [0.1, 0.15) is 58.4 Å². The van der Waals surface area contributed by atoms with E-state index < -0.39 is 23.3 Å². The number of nitrogens with zero attached hydrogens (tertiary/aromatic N) is 2. The third-order valence-corrected chi connectivity index (χ3v) is 6.76. The molecule has 3 fully saturated rings. The maximum atomic E-state index is 13.3. The summed E-state index contributed by atoms with van der Waals surface area (Å²) in [5, 5.41) is 2.26. The Balaban J connectivity index is 1.31. The summed E-state index contributed by atoms with van der Waals surface area (Å²) in [6.45, 7) is 0.977. The van der Waals surface area contributed by atoms with Gasteiger partial charge in [-0.05, 0) is 36.6 Å². The molecular weight excluding hydrogens is 396 g/mol. The van der Waals surface area contributed by atoms with E-state index in [1.807, 2.05) is 0 Å². The zero-order chi connectivity index (χ0) is 21.3. The second-order valence-corrected chi connectivity index (χ2v) is 8.96. The van der Waals surface area contributed by atoms with Gasteiger partial charge in [-0.25, -0.2) is 8.78 Å². The van der Waals surface area contributed by atoms with Crippen LogP contribution in [-0.2, 0) is 16.1 Å². The van der Waals surface area contributed by atoms with Crippen LogP contribution in [0.2, 0.25) is 0 Å². The van der Waals surface area contributed by atoms with E-state index >= 15 is 0 Å². The lowest BCUT2D eigenvalue weighted by Crippen LogP contribution is -2.52. The third-order valence-electron chi connectivity index (χ3n) is 6.76. The molecule has 1 unspecified atom stereocenters. The number of fused-ring (bicyclic) bond motifs is 1. The van der Waals surface area contributed by atoms with E-state index in [0.717, 1.165) is 0 Å². The number of imide groups is 1. The number of amides is 4. The zero-order valence-corrected chi connectivity index (χ0v) is 16.2. The molecule has 4 aliphatic rings. The molecule has 4 amide bonds. The van der Waals surface area contributed by atoms with Gasteiger partial charge in [-0.1, -0.05) is 0 Å². The van der Waals surface area contributed by atoms with Gasteiger partial charge in [0.25, 0.3) is 11.8 Å². The molecular formula is C21H21F2N3O4. The summed E-state index contributed by atoms with van der Waals surface area (Å²) in [6, 6.07) is 4.11. The molecule has 1 saturated carbocycles. The third kappa shape index (κ3) is 2.98. The molecule has 3 aliphatic heterocycles. The maximum Gasteiger partial charge on any atom is 0.255 e. The number of halogens is 2. The number of carbonyl (C=O) groups is 4. The molecule has 30 heavy (non-hydrogen) atoms. The van der Waals surface area contributed by atoms with Crippen LogP contribution in [0.5, 0.6) is 0 Å². The fourth-order valence-electron chi connectivity index (χ4n) is 5.33. The van der Waals surface area contributed by atoms with Crippen LogP contribution in [0, 0.1) is 5.41 Å². The van der Waals surface area contributed by atoms with E-state index in [2.05, 4.69) is 5.32 Å². The van der Waals surface area contributed by atoms with Crippen LogP contribution in [0.4, 0.5) is 8.78 Å². The average molecular weight is 417 g/mol. The minimum absolute atomic E-state index is 0.163. The van der Waals surface area contributed by atoms with Crippen LogP contribution >= 0.6 is 0 Å². The number of nitrogens with one attached hydrogen (secondary N) is 1. The van der Waals surface area contributed by atoms with E-state index in [1.54, 1.807) is 23.1 Å². The molecule has 9 heteroatoms. The molecule has 1 atom stereocenters. The number of carbonyl (C=O) groups excluding carboxylic acids is 4. The number of piperidine rings is 1. The molecule has 2 saturated heterocycles. The van der Waals surface area contributed by atoms with E-state index in [4.69, 9.17) is 0 Å². The Hall–Kier alpha value is -2.84. The topological polar surface area (TPSA) is 86.8 Å². The van der Waals surface area contributed by atoms with Gasteiger partial charge in [0.1, 0.15) is 6.04 Å². The number of rotatable bonds is 2. The van der Waals surface area contributed by atoms with Crippen molar-refractivity contribution in [1.82, 2.24) is 15.1 Å². The van der Waals surface area contributed by atoms with Gasteiger partial charge in [-0.15, -0.1) is 0 Å². The molecule has 1 aromatic carbocycles. The van der Waals surface area contributed by atoms with Gasteiger partial charge in [0.2, 0.25) is 17.7 Å². The lowest BCUT2D eigenvalue weighted by molar-refractivity contribution is -0.154. The SMILES string of the molecule is O=C1CCC(N2Cc3cc(C(=O)N4CCC5(C4)CC(F)(F)C5)ccc3C2=O)C(=O)N1. The normalized spacial score (nSPS) is 26.6. The Labute approximate surface area is 171 Å². The summed E-state index contributed by atoms with van der Waals surface area (Å²) in [7, 11) is 0. The first-order valence-corrected chi connectivity index (χ1v) is 10.1. The van der Waals surface area contributed by atoms with Crippen LogP contribution in [0.15, 0.2) is 18.2 Å². The van der Waals surface area contributed by atoms with Crippen molar-refractivity contribution in [3.05, 3.63) is 34.9 Å². The van der Waals surface area contributed by atoms with Crippen molar-refractivity contribution >= 4 is 23.6 Å². The number of likely N-dealkylation sites (tertiary alicyclic amines) is 1. The first kappa shape index (κ1) is 19.1. The molecule has 0 aromatic heterocycles. The highest BCUT2D eigenvalue weighted by molar-refractivity contribution is 6.06. The summed E-state index contributed by atoms with van der Waals surface area (Å²) in [5.41, 5.74) is 1.04. The largest absolute Gasteiger partial charge is 0.338 e. The van der Waals surface area contributed by atoms with Gasteiger partial charge in [0.15, 0.2) is 0 Å². The summed E-state index contributed by atoms with van der Waals surface area (Å²) < 4.78 is 26.6. The predicted octanol–water partition coefficient (Wildman–Crippen LogP) is 1.71. The van der Waals surface area contributed by atoms with Gasteiger partial charge in [-0.2, -0.15) is 0 Å². The summed E-state index contributed by atoms with van der Waals surface area (Å²) in [4.78, 5) is 52.2. The Morgan fingerprint density at radius 3 is 2.63 bits per heavy atom. The fourth-order valence-corrected chi connectivity index (χ4v) is 5.33. The molecule has 158 valence electrons. The zero-order valence-electron chi connectivity index (χ0n) is 16.2. The van der Waals surface area contributed by atoms with Crippen molar-refractivity contribution in [2.75, 3.05) is 13.1 Å². The first-order chi connectivity index (χ1) is 14.2. The molecule has 1 aromatic rings. The molecule has 1 N–H and O–H groups in total. The van der Waals surface area contributed by atoms with Gasteiger partial charge in [0.05, 0.1) is 0 Å². The van der Waals surface area contributed by atoms with E-state index in [-0.39, 0.29) is 49.9 Å². The van der Waals surface area contributed by atoms with Gasteiger partial charge in [0, 0.05) is 55.4 Å². The standard InChI is InChI=1S/C21H21F2N3O4/c22-21(23)9-20(10-21)5-6-25(11-20)18(29)12-1-2-14-13(7-12)8-26(19(14)30)15-3-4-16(27)24-17(15)28/h1-2,7,15H,3-6,8-11H2,(H,24,27,28). The summed E-state index contributed by atoms with van der Waals surface area (Å²) in [5.74, 6) is -3.97. The van der Waals surface area contributed by atoms with Crippen LogP contribution in [0.25, 0.3) is 0 Å². The minimum Gasteiger partial charge on any atom is -0.338 e. The Morgan fingerprint density at radius 2 is 1.93 bits per heavy atom. The summed E-state index contributed by atoms with van der Waals surface area (Å²) >= 11 is 0. The van der Waals surface area contributed by atoms with Crippen molar-refractivity contribution < 1.29 is 28.0 Å². The number of hydrogen-bond donors (Lipinski definition) is 1. The Kier molecular flexibility index (Phi) is 4.04. The maximum absolute atomic E-state index is 13.3. The van der Waals surface area contributed by atoms with Crippen LogP contribution in [0.3, 0.4) is 0 Å². The molecule has 3 heterocycles. The summed E-state index contributed by atoms with van der Waals surface area (Å²) in [6.07, 6.45) is 0.709. The highest BCUT2D eigenvalue weighted by Gasteiger charge is 2.59. The average Bonchev–Trinajstić information content (AvgIpc) is 3.22. The molecule has 5 rings (SSSR count). The first-order valence-electron chi connectivity index (χ1n) is 10.1. The predicted molar refractivity (Wildman–Crippen MR) is 99.6 cm³/mol. The molecule has 7 nitrogen and oxygen atoms in total. The smallest absolute Gasteiger partial charge is 0.255 e. The molecule has 0 bridgehead atoms. The van der Waals surface area contributed by atoms with E-state index in [0.29, 0.717) is 36.2 Å². The number of benzene rings is 1. The lowest BCUT2D eigenvalue weighted by Gasteiger charge is -2.44. The van der Waals surface area contributed by atoms with E-state index in [1.165, 1.54) is 4.90 Å². The van der Waals surface area contributed by atoms with Gasteiger partial charge in [-0.3, -0.25) is 24.5 Å². The van der Waals surface area contributed by atoms with Crippen molar-refractivity contribution in [2.45, 2.75) is 50.6 Å². The quantitative estimate of drug-likeness (QED) is 0.743. The Morgan fingerprint density at radius 1 is 1.17 bits per heavy atom. The Bertz CT molecular complexity index is 984. The van der Waals surface area contributed by atoms with Gasteiger partial charge >= 0.3 is 0 Å². The van der Waals surface area contributed by atoms with Gasteiger partial charge < -0.3 is 9.80 Å². The van der Waals surface area contributed by atoms with Crippen molar-refractivity contribution in [3.8, 4) is 0 Å². The number of hydrogen-bond acceptors (Lipinski definition) is 4. The van der Waals surface area contributed by atoms with Crippen molar-refractivity contribution in [2.24, 2.45) is 5.41 Å². The van der Waals surface area contributed by atoms with Crippen LogP contribution in [-0.4, -0.2) is 58.5 Å². The highest BCUT2D eigenvalue weighted by Crippen LogP contribution is 2.56. The lowest BCUT2D eigenvalue weighted by atomic mass is 9.65. The second kappa shape index (κ2) is 6.33. The monoisotopic (exact) mass is 417 g/mol. The van der Waals surface area contributed by atoms with E-state index in [9.17, 15) is 28.0 Å². The highest BCUT2D eigenvalue weighted by atomic mass is 19.3. The molecule has 1 aliphatic carbocycles. The minimum atomic E-state index is -2.62. The fraction of sp³-hybridized carbons (Fsp3) is 0.524. The van der Waals surface area contributed by atoms with Crippen molar-refractivity contribution in [1.29, 1.82) is 0 Å². The second-order valence-electron chi connectivity index (χ2n) is 8.96. The number of alkyl halides is 2. The molecule has 0 radical (unpaired) electrons.